The third kappa shape index (κ3) is 3.65. The van der Waals surface area contributed by atoms with Crippen LogP contribution in [0.3, 0.4) is 0 Å². The van der Waals surface area contributed by atoms with Crippen LogP contribution in [0, 0.1) is 0 Å². The lowest BCUT2D eigenvalue weighted by Crippen LogP contribution is -2.13. The third-order valence-corrected chi connectivity index (χ3v) is 5.02. The smallest absolute Gasteiger partial charge is 0.277 e. The van der Waals surface area contributed by atoms with Crippen molar-refractivity contribution < 1.29 is 9.59 Å². The van der Waals surface area contributed by atoms with Crippen molar-refractivity contribution in [1.29, 1.82) is 0 Å². The number of rotatable bonds is 4. The van der Waals surface area contributed by atoms with Gasteiger partial charge < -0.3 is 10.6 Å². The first kappa shape index (κ1) is 16.5. The summed E-state index contributed by atoms with van der Waals surface area (Å²) in [6.45, 7) is 0.594. The fraction of sp³-hybridized carbons (Fsp3) is 0.222. The van der Waals surface area contributed by atoms with E-state index in [9.17, 15) is 9.59 Å². The van der Waals surface area contributed by atoms with Gasteiger partial charge in [-0.25, -0.2) is 4.68 Å². The van der Waals surface area contributed by atoms with E-state index in [0.29, 0.717) is 18.7 Å². The normalized spacial score (nSPS) is 13.6. The van der Waals surface area contributed by atoms with Gasteiger partial charge in [0.25, 0.3) is 5.91 Å². The molecule has 0 radical (unpaired) electrons. The number of aromatic nitrogens is 3. The fourth-order valence-corrected chi connectivity index (χ4v) is 3.59. The minimum Gasteiger partial charge on any atom is -0.326 e. The van der Waals surface area contributed by atoms with Crippen LogP contribution in [-0.2, 0) is 17.8 Å². The van der Waals surface area contributed by atoms with Crippen molar-refractivity contribution in [3.63, 3.8) is 0 Å². The molecule has 3 heterocycles. The number of aryl methyl sites for hydroxylation is 1. The van der Waals surface area contributed by atoms with Crippen LogP contribution in [0.4, 0.5) is 11.4 Å². The van der Waals surface area contributed by atoms with E-state index in [4.69, 9.17) is 0 Å². The zero-order valence-electron chi connectivity index (χ0n) is 13.9. The molecule has 3 aromatic rings. The predicted molar refractivity (Wildman–Crippen MR) is 99.4 cm³/mol. The molecule has 1 aliphatic heterocycles. The monoisotopic (exact) mass is 367 g/mol. The largest absolute Gasteiger partial charge is 0.326 e. The number of anilines is 2. The quantitative estimate of drug-likeness (QED) is 0.742. The Morgan fingerprint density at radius 3 is 3.08 bits per heavy atom. The highest BCUT2D eigenvalue weighted by atomic mass is 32.1. The number of benzene rings is 1. The molecule has 2 amide bonds. The number of nitrogens with zero attached hydrogens (tertiary/aromatic N) is 3. The van der Waals surface area contributed by atoms with E-state index < -0.39 is 0 Å². The minimum absolute atomic E-state index is 0.0305. The highest BCUT2D eigenvalue weighted by Gasteiger charge is 2.15. The molecule has 0 saturated carbocycles. The average Bonchev–Trinajstić information content (AvgIpc) is 3.26. The molecule has 7 nitrogen and oxygen atoms in total. The Kier molecular flexibility index (Phi) is 4.49. The molecule has 1 aromatic carbocycles. The molecule has 132 valence electrons. The second kappa shape index (κ2) is 7.09. The molecular formula is C18H17N5O2S. The Hall–Kier alpha value is -3.00. The molecule has 26 heavy (non-hydrogen) atoms. The standard InChI is InChI=1S/C18H17N5O2S/c24-17-5-1-3-12-9-13(6-7-15(12)20-17)19-18(25)16-11-23(22-21-16)10-14-4-2-8-26-14/h2,4,6-9,11H,1,3,5,10H2,(H,19,25)(H,20,24). The average molecular weight is 367 g/mol. The molecule has 0 atom stereocenters. The van der Waals surface area contributed by atoms with Gasteiger partial charge in [-0.1, -0.05) is 11.3 Å². The van der Waals surface area contributed by atoms with Crippen LogP contribution >= 0.6 is 11.3 Å². The topological polar surface area (TPSA) is 88.9 Å². The van der Waals surface area contributed by atoms with E-state index in [-0.39, 0.29) is 17.5 Å². The summed E-state index contributed by atoms with van der Waals surface area (Å²) >= 11 is 1.63. The van der Waals surface area contributed by atoms with Gasteiger partial charge in [0, 0.05) is 22.7 Å². The molecular weight excluding hydrogens is 350 g/mol. The Balaban J connectivity index is 1.46. The minimum atomic E-state index is -0.306. The lowest BCUT2D eigenvalue weighted by Gasteiger charge is -2.09. The number of carbonyl (C=O) groups excluding carboxylic acids is 2. The second-order valence-electron chi connectivity index (χ2n) is 6.11. The van der Waals surface area contributed by atoms with Crippen LogP contribution < -0.4 is 10.6 Å². The van der Waals surface area contributed by atoms with Crippen molar-refractivity contribution in [2.24, 2.45) is 0 Å². The lowest BCUT2D eigenvalue weighted by atomic mass is 10.1. The van der Waals surface area contributed by atoms with Gasteiger partial charge in [0.05, 0.1) is 12.7 Å². The molecule has 0 bridgehead atoms. The maximum atomic E-state index is 12.4. The first-order valence-electron chi connectivity index (χ1n) is 8.34. The molecule has 8 heteroatoms. The summed E-state index contributed by atoms with van der Waals surface area (Å²) < 4.78 is 1.65. The third-order valence-electron chi connectivity index (χ3n) is 4.16. The summed E-state index contributed by atoms with van der Waals surface area (Å²) in [7, 11) is 0. The van der Waals surface area contributed by atoms with Crippen molar-refractivity contribution in [3.05, 3.63) is 58.0 Å². The summed E-state index contributed by atoms with van der Waals surface area (Å²) in [5.41, 5.74) is 2.78. The molecule has 2 aromatic heterocycles. The van der Waals surface area contributed by atoms with Gasteiger partial charge in [0.15, 0.2) is 5.69 Å². The van der Waals surface area contributed by atoms with Crippen molar-refractivity contribution in [2.45, 2.75) is 25.8 Å². The summed E-state index contributed by atoms with van der Waals surface area (Å²) in [4.78, 5) is 25.2. The van der Waals surface area contributed by atoms with Gasteiger partial charge in [-0.3, -0.25) is 9.59 Å². The zero-order valence-corrected chi connectivity index (χ0v) is 14.8. The number of carbonyl (C=O) groups is 2. The number of hydrogen-bond donors (Lipinski definition) is 2. The van der Waals surface area contributed by atoms with Crippen molar-refractivity contribution in [1.82, 2.24) is 15.0 Å². The molecule has 0 saturated heterocycles. The van der Waals surface area contributed by atoms with E-state index in [1.54, 1.807) is 28.3 Å². The van der Waals surface area contributed by atoms with Crippen molar-refractivity contribution in [2.75, 3.05) is 10.6 Å². The number of amides is 2. The van der Waals surface area contributed by atoms with Crippen LogP contribution in [0.2, 0.25) is 0 Å². The Labute approximate surface area is 154 Å². The maximum absolute atomic E-state index is 12.4. The van der Waals surface area contributed by atoms with E-state index in [0.717, 1.165) is 29.0 Å². The van der Waals surface area contributed by atoms with Crippen molar-refractivity contribution in [3.8, 4) is 0 Å². The van der Waals surface area contributed by atoms with Gasteiger partial charge in [0.1, 0.15) is 0 Å². The number of fused-ring (bicyclic) bond motifs is 1. The number of nitrogens with one attached hydrogen (secondary N) is 2. The fourth-order valence-electron chi connectivity index (χ4n) is 2.89. The van der Waals surface area contributed by atoms with Crippen LogP contribution in [-0.4, -0.2) is 26.8 Å². The van der Waals surface area contributed by atoms with E-state index in [1.165, 1.54) is 0 Å². The van der Waals surface area contributed by atoms with E-state index >= 15 is 0 Å². The summed E-state index contributed by atoms with van der Waals surface area (Å²) in [6, 6.07) is 9.49. The molecule has 0 spiro atoms. The Bertz CT molecular complexity index is 948. The molecule has 0 fully saturated rings. The van der Waals surface area contributed by atoms with Gasteiger partial charge >= 0.3 is 0 Å². The van der Waals surface area contributed by atoms with Crippen LogP contribution in [0.15, 0.2) is 41.9 Å². The number of hydrogen-bond acceptors (Lipinski definition) is 5. The summed E-state index contributed by atoms with van der Waals surface area (Å²) in [5, 5.41) is 15.7. The van der Waals surface area contributed by atoms with Crippen molar-refractivity contribution >= 4 is 34.5 Å². The lowest BCUT2D eigenvalue weighted by molar-refractivity contribution is -0.116. The molecule has 1 aliphatic rings. The molecule has 2 N–H and O–H groups in total. The SMILES string of the molecule is O=C1CCCc2cc(NC(=O)c3cn(Cc4cccs4)nn3)ccc2N1. The molecule has 0 aliphatic carbocycles. The summed E-state index contributed by atoms with van der Waals surface area (Å²) in [6.07, 6.45) is 3.75. The van der Waals surface area contributed by atoms with Gasteiger partial charge in [-0.05, 0) is 48.1 Å². The number of thiophene rings is 1. The van der Waals surface area contributed by atoms with Crippen LogP contribution in [0.1, 0.15) is 33.8 Å². The van der Waals surface area contributed by atoms with E-state index in [1.807, 2.05) is 29.6 Å². The first-order chi connectivity index (χ1) is 12.7. The first-order valence-corrected chi connectivity index (χ1v) is 9.22. The predicted octanol–water partition coefficient (Wildman–Crippen LogP) is 2.92. The van der Waals surface area contributed by atoms with Gasteiger partial charge in [0.2, 0.25) is 5.91 Å². The van der Waals surface area contributed by atoms with Crippen LogP contribution in [0.25, 0.3) is 0 Å². The summed E-state index contributed by atoms with van der Waals surface area (Å²) in [5.74, 6) is -0.275. The maximum Gasteiger partial charge on any atom is 0.277 e. The van der Waals surface area contributed by atoms with Gasteiger partial charge in [-0.2, -0.15) is 0 Å². The van der Waals surface area contributed by atoms with Crippen LogP contribution in [0.5, 0.6) is 0 Å². The second-order valence-corrected chi connectivity index (χ2v) is 7.14. The molecule has 0 unspecified atom stereocenters. The Morgan fingerprint density at radius 1 is 1.31 bits per heavy atom. The van der Waals surface area contributed by atoms with Gasteiger partial charge in [-0.15, -0.1) is 16.4 Å². The Morgan fingerprint density at radius 2 is 2.23 bits per heavy atom. The zero-order chi connectivity index (χ0) is 17.9. The highest BCUT2D eigenvalue weighted by Crippen LogP contribution is 2.25. The van der Waals surface area contributed by atoms with E-state index in [2.05, 4.69) is 20.9 Å². The molecule has 4 rings (SSSR count). The highest BCUT2D eigenvalue weighted by molar-refractivity contribution is 7.09.